The molecule has 6 rings (SSSR count). The molecule has 3 aromatic heterocycles. The van der Waals surface area contributed by atoms with Crippen molar-refractivity contribution >= 4 is 40.2 Å². The second kappa shape index (κ2) is 10.4. The first-order valence-corrected chi connectivity index (χ1v) is 13.0. The van der Waals surface area contributed by atoms with E-state index < -0.39 is 0 Å². The van der Waals surface area contributed by atoms with Gasteiger partial charge in [-0.05, 0) is 31.0 Å². The summed E-state index contributed by atoms with van der Waals surface area (Å²) in [5.41, 5.74) is 3.43. The Labute approximate surface area is 223 Å². The Morgan fingerprint density at radius 1 is 1.00 bits per heavy atom. The number of carbonyl (C=O) groups excluding carboxylic acids is 2. The van der Waals surface area contributed by atoms with Gasteiger partial charge < -0.3 is 25.5 Å². The van der Waals surface area contributed by atoms with Gasteiger partial charge in [0, 0.05) is 37.8 Å². The number of H-pyrrole nitrogens is 2. The highest BCUT2D eigenvalue weighted by Crippen LogP contribution is 2.28. The zero-order chi connectivity index (χ0) is 26.8. The first kappa shape index (κ1) is 24.4. The van der Waals surface area contributed by atoms with Gasteiger partial charge in [-0.2, -0.15) is 0 Å². The first-order valence-electron chi connectivity index (χ1n) is 13.0. The van der Waals surface area contributed by atoms with Gasteiger partial charge >= 0.3 is 5.69 Å². The third-order valence-corrected chi connectivity index (χ3v) is 7.14. The number of piperidine rings is 1. The van der Waals surface area contributed by atoms with Gasteiger partial charge in [0.15, 0.2) is 5.82 Å². The second-order valence-corrected chi connectivity index (χ2v) is 9.55. The summed E-state index contributed by atoms with van der Waals surface area (Å²) in [6.07, 6.45) is 2.02. The van der Waals surface area contributed by atoms with Gasteiger partial charge in [0.05, 0.1) is 16.4 Å². The number of nitrogens with zero attached hydrogens (tertiary/aromatic N) is 4. The molecule has 198 valence electrons. The molecule has 0 atom stereocenters. The zero-order valence-electron chi connectivity index (χ0n) is 21.2. The van der Waals surface area contributed by atoms with E-state index in [1.165, 1.54) is 0 Å². The molecule has 2 aromatic carbocycles. The zero-order valence-corrected chi connectivity index (χ0v) is 21.2. The molecule has 0 saturated carbocycles. The number of aromatic amines is 2. The number of aromatic nitrogens is 5. The molecule has 1 aliphatic heterocycles. The van der Waals surface area contributed by atoms with Gasteiger partial charge in [-0.25, -0.2) is 14.8 Å². The third kappa shape index (κ3) is 4.74. The fourth-order valence-electron chi connectivity index (χ4n) is 5.22. The van der Waals surface area contributed by atoms with Crippen LogP contribution in [0.5, 0.6) is 0 Å². The summed E-state index contributed by atoms with van der Waals surface area (Å²) < 4.78 is 1.82. The molecule has 1 saturated heterocycles. The summed E-state index contributed by atoms with van der Waals surface area (Å²) >= 11 is 0. The summed E-state index contributed by atoms with van der Waals surface area (Å²) in [5, 5.41) is 6.58. The number of likely N-dealkylation sites (tertiary alicyclic amines) is 1. The standard InChI is InChI=1S/C28H28N8O3/c37-17-29-12-13-30-25-20-16-22(31-26(20)34-24(33-25)18-6-2-1-3-7-18)27(38)35-14-10-19(11-15-35)36-23-9-5-4-8-21(23)32-28(36)39/h1-9,16-17,19H,10-15H2,(H,29,37)(H,32,39)(H2,30,31,33,34). The normalized spacial score (nSPS) is 14.1. The van der Waals surface area contributed by atoms with Crippen LogP contribution in [-0.2, 0) is 4.79 Å². The highest BCUT2D eigenvalue weighted by Gasteiger charge is 2.28. The molecule has 11 nitrogen and oxygen atoms in total. The lowest BCUT2D eigenvalue weighted by molar-refractivity contribution is -0.109. The van der Waals surface area contributed by atoms with Crippen LogP contribution < -0.4 is 16.3 Å². The summed E-state index contributed by atoms with van der Waals surface area (Å²) in [6.45, 7) is 1.97. The minimum Gasteiger partial charge on any atom is -0.368 e. The van der Waals surface area contributed by atoms with Crippen LogP contribution in [0.15, 0.2) is 65.5 Å². The predicted octanol–water partition coefficient (Wildman–Crippen LogP) is 2.90. The van der Waals surface area contributed by atoms with Crippen LogP contribution in [0.4, 0.5) is 5.82 Å². The summed E-state index contributed by atoms with van der Waals surface area (Å²) in [6, 6.07) is 19.1. The summed E-state index contributed by atoms with van der Waals surface area (Å²) in [5.74, 6) is 0.992. The van der Waals surface area contributed by atoms with E-state index in [2.05, 4.69) is 20.6 Å². The van der Waals surface area contributed by atoms with E-state index in [4.69, 9.17) is 9.97 Å². The van der Waals surface area contributed by atoms with E-state index in [-0.39, 0.29) is 17.6 Å². The van der Waals surface area contributed by atoms with Crippen molar-refractivity contribution in [1.29, 1.82) is 0 Å². The maximum atomic E-state index is 13.5. The highest BCUT2D eigenvalue weighted by atomic mass is 16.2. The quantitative estimate of drug-likeness (QED) is 0.182. The van der Waals surface area contributed by atoms with Crippen LogP contribution in [-0.4, -0.2) is 67.9 Å². The van der Waals surface area contributed by atoms with E-state index >= 15 is 0 Å². The highest BCUT2D eigenvalue weighted by molar-refractivity contribution is 6.00. The maximum Gasteiger partial charge on any atom is 0.326 e. The number of hydrogen-bond donors (Lipinski definition) is 4. The number of amides is 2. The Hall–Kier alpha value is -4.93. The van der Waals surface area contributed by atoms with Crippen molar-refractivity contribution in [2.24, 2.45) is 0 Å². The monoisotopic (exact) mass is 524 g/mol. The Kier molecular flexibility index (Phi) is 6.54. The van der Waals surface area contributed by atoms with E-state index in [1.54, 1.807) is 6.07 Å². The van der Waals surface area contributed by atoms with Crippen molar-refractivity contribution in [3.63, 3.8) is 0 Å². The smallest absolute Gasteiger partial charge is 0.326 e. The van der Waals surface area contributed by atoms with E-state index in [0.717, 1.165) is 16.6 Å². The average Bonchev–Trinajstić information content (AvgIpc) is 3.56. The number of nitrogens with one attached hydrogen (secondary N) is 4. The van der Waals surface area contributed by atoms with Crippen LogP contribution in [0.1, 0.15) is 29.4 Å². The third-order valence-electron chi connectivity index (χ3n) is 7.14. The number of para-hydroxylation sites is 2. The second-order valence-electron chi connectivity index (χ2n) is 9.55. The number of rotatable bonds is 8. The summed E-state index contributed by atoms with van der Waals surface area (Å²) in [7, 11) is 0. The fraction of sp³-hybridized carbons (Fsp3) is 0.250. The van der Waals surface area contributed by atoms with Crippen molar-refractivity contribution in [1.82, 2.24) is 34.7 Å². The molecule has 0 aliphatic carbocycles. The van der Waals surface area contributed by atoms with E-state index in [1.807, 2.05) is 64.1 Å². The SMILES string of the molecule is O=CNCCNc1nc(-c2ccccc2)nc2[nH]c(C(=O)N3CCC(n4c(=O)[nH]c5ccccc54)CC3)cc12. The maximum absolute atomic E-state index is 13.5. The molecule has 0 unspecified atom stereocenters. The fourth-order valence-corrected chi connectivity index (χ4v) is 5.22. The Morgan fingerprint density at radius 2 is 1.77 bits per heavy atom. The minimum atomic E-state index is -0.118. The molecule has 4 heterocycles. The number of fused-ring (bicyclic) bond motifs is 2. The number of anilines is 1. The lowest BCUT2D eigenvalue weighted by atomic mass is 10.0. The van der Waals surface area contributed by atoms with Crippen LogP contribution in [0, 0.1) is 0 Å². The lowest BCUT2D eigenvalue weighted by Gasteiger charge is -2.32. The van der Waals surface area contributed by atoms with Gasteiger partial charge in [-0.15, -0.1) is 0 Å². The number of hydrogen-bond acceptors (Lipinski definition) is 6. The number of carbonyl (C=O) groups is 2. The molecular formula is C28H28N8O3. The minimum absolute atomic E-state index is 0.0236. The van der Waals surface area contributed by atoms with Crippen molar-refractivity contribution < 1.29 is 9.59 Å². The predicted molar refractivity (Wildman–Crippen MR) is 149 cm³/mol. The molecule has 4 N–H and O–H groups in total. The van der Waals surface area contributed by atoms with Gasteiger partial charge in [-0.1, -0.05) is 42.5 Å². The molecular weight excluding hydrogens is 496 g/mol. The molecule has 11 heteroatoms. The van der Waals surface area contributed by atoms with Gasteiger partial charge in [0.25, 0.3) is 5.91 Å². The Balaban J connectivity index is 1.24. The van der Waals surface area contributed by atoms with Crippen molar-refractivity contribution in [2.75, 3.05) is 31.5 Å². The average molecular weight is 525 g/mol. The van der Waals surface area contributed by atoms with Crippen molar-refractivity contribution in [2.45, 2.75) is 18.9 Å². The van der Waals surface area contributed by atoms with E-state index in [9.17, 15) is 14.4 Å². The Bertz CT molecular complexity index is 1700. The largest absolute Gasteiger partial charge is 0.368 e. The van der Waals surface area contributed by atoms with Crippen LogP contribution in [0.25, 0.3) is 33.5 Å². The summed E-state index contributed by atoms with van der Waals surface area (Å²) in [4.78, 5) is 54.1. The molecule has 1 fully saturated rings. The van der Waals surface area contributed by atoms with Gasteiger partial charge in [-0.3, -0.25) is 14.2 Å². The number of imidazole rings is 1. The molecule has 39 heavy (non-hydrogen) atoms. The first-order chi connectivity index (χ1) is 19.1. The lowest BCUT2D eigenvalue weighted by Crippen LogP contribution is -2.40. The topological polar surface area (TPSA) is 141 Å². The van der Waals surface area contributed by atoms with Gasteiger partial charge in [0.2, 0.25) is 6.41 Å². The van der Waals surface area contributed by atoms with Crippen molar-refractivity contribution in [3.8, 4) is 11.4 Å². The molecule has 0 radical (unpaired) electrons. The van der Waals surface area contributed by atoms with E-state index in [0.29, 0.717) is 73.8 Å². The molecule has 1 aliphatic rings. The molecule has 5 aromatic rings. The van der Waals surface area contributed by atoms with Gasteiger partial charge in [0.1, 0.15) is 17.2 Å². The number of benzene rings is 2. The van der Waals surface area contributed by atoms with Crippen LogP contribution in [0.3, 0.4) is 0 Å². The Morgan fingerprint density at radius 3 is 2.56 bits per heavy atom. The van der Waals surface area contributed by atoms with Crippen molar-refractivity contribution in [3.05, 3.63) is 76.8 Å². The molecule has 0 bridgehead atoms. The van der Waals surface area contributed by atoms with Crippen LogP contribution >= 0.6 is 0 Å². The molecule has 0 spiro atoms. The molecule has 2 amide bonds. The van der Waals surface area contributed by atoms with Crippen LogP contribution in [0.2, 0.25) is 0 Å².